The Labute approximate surface area is 131 Å². The van der Waals surface area contributed by atoms with Gasteiger partial charge in [-0.3, -0.25) is 9.78 Å². The van der Waals surface area contributed by atoms with Crippen molar-refractivity contribution >= 4 is 33.3 Å². The van der Waals surface area contributed by atoms with Crippen LogP contribution in [0.15, 0.2) is 41.1 Å². The van der Waals surface area contributed by atoms with Crippen LogP contribution < -0.4 is 4.74 Å². The number of carbonyl (C=O) groups is 1. The molecule has 2 aromatic rings. The van der Waals surface area contributed by atoms with E-state index in [1.54, 1.807) is 30.5 Å². The van der Waals surface area contributed by atoms with E-state index in [1.807, 2.05) is 13.8 Å². The molecule has 0 radical (unpaired) electrons. The Bertz CT molecular complexity index is 644. The Morgan fingerprint density at radius 2 is 2.05 bits per heavy atom. The zero-order valence-corrected chi connectivity index (χ0v) is 13.4. The molecule has 104 valence electrons. The number of aromatic nitrogens is 1. The number of nitrogens with zero attached hydrogens (tertiary/aromatic N) is 1. The number of halogens is 2. The average molecular weight is 355 g/mol. The van der Waals surface area contributed by atoms with Crippen molar-refractivity contribution in [1.29, 1.82) is 0 Å². The van der Waals surface area contributed by atoms with Gasteiger partial charge in [0.05, 0.1) is 12.3 Å². The number of hydrogen-bond acceptors (Lipinski definition) is 3. The summed E-state index contributed by atoms with van der Waals surface area (Å²) in [4.78, 5) is 16.5. The van der Waals surface area contributed by atoms with Crippen LogP contribution in [0.25, 0.3) is 0 Å². The second kappa shape index (κ2) is 6.37. The molecule has 5 heteroatoms. The highest BCUT2D eigenvalue weighted by molar-refractivity contribution is 9.10. The molecule has 0 saturated carbocycles. The van der Waals surface area contributed by atoms with E-state index in [1.165, 1.54) is 6.20 Å². The van der Waals surface area contributed by atoms with E-state index in [0.717, 1.165) is 0 Å². The van der Waals surface area contributed by atoms with Crippen molar-refractivity contribution < 1.29 is 9.53 Å². The van der Waals surface area contributed by atoms with E-state index >= 15 is 0 Å². The molecular weight excluding hydrogens is 342 g/mol. The van der Waals surface area contributed by atoms with Crippen LogP contribution in [0.5, 0.6) is 5.75 Å². The largest absolute Gasteiger partial charge is 0.489 e. The van der Waals surface area contributed by atoms with Crippen molar-refractivity contribution in [2.75, 3.05) is 0 Å². The molecule has 1 heterocycles. The maximum atomic E-state index is 12.5. The van der Waals surface area contributed by atoms with E-state index in [2.05, 4.69) is 20.9 Å². The van der Waals surface area contributed by atoms with Crippen molar-refractivity contribution in [2.45, 2.75) is 20.0 Å². The number of pyridine rings is 1. The van der Waals surface area contributed by atoms with Crippen molar-refractivity contribution in [3.63, 3.8) is 0 Å². The van der Waals surface area contributed by atoms with Crippen LogP contribution in [0, 0.1) is 0 Å². The van der Waals surface area contributed by atoms with Gasteiger partial charge >= 0.3 is 0 Å². The standard InChI is InChI=1S/C15H13BrClNO2/c1-9(2)20-12-5-10(7-18-8-12)15(19)13-6-11(17)3-4-14(13)16/h3-9H,1-2H3. The number of rotatable bonds is 4. The smallest absolute Gasteiger partial charge is 0.195 e. The molecule has 0 unspecified atom stereocenters. The van der Waals surface area contributed by atoms with Crippen LogP contribution in [0.4, 0.5) is 0 Å². The summed E-state index contributed by atoms with van der Waals surface area (Å²) in [5.74, 6) is 0.421. The lowest BCUT2D eigenvalue weighted by molar-refractivity contribution is 0.103. The first-order valence-electron chi connectivity index (χ1n) is 6.09. The monoisotopic (exact) mass is 353 g/mol. The van der Waals surface area contributed by atoms with E-state index in [4.69, 9.17) is 16.3 Å². The second-order valence-electron chi connectivity index (χ2n) is 4.53. The molecular formula is C15H13BrClNO2. The van der Waals surface area contributed by atoms with Crippen molar-refractivity contribution in [2.24, 2.45) is 0 Å². The summed E-state index contributed by atoms with van der Waals surface area (Å²) in [5.41, 5.74) is 0.965. The van der Waals surface area contributed by atoms with Crippen LogP contribution in [-0.4, -0.2) is 16.9 Å². The van der Waals surface area contributed by atoms with Gasteiger partial charge < -0.3 is 4.74 Å². The van der Waals surface area contributed by atoms with Crippen LogP contribution in [-0.2, 0) is 0 Å². The molecule has 0 N–H and O–H groups in total. The highest BCUT2D eigenvalue weighted by Crippen LogP contribution is 2.24. The lowest BCUT2D eigenvalue weighted by Gasteiger charge is -2.10. The SMILES string of the molecule is CC(C)Oc1cncc(C(=O)c2cc(Cl)ccc2Br)c1. The first-order valence-corrected chi connectivity index (χ1v) is 7.26. The van der Waals surface area contributed by atoms with Crippen LogP contribution in [0.1, 0.15) is 29.8 Å². The molecule has 0 aliphatic carbocycles. The van der Waals surface area contributed by atoms with Crippen molar-refractivity contribution in [3.8, 4) is 5.75 Å². The zero-order valence-electron chi connectivity index (χ0n) is 11.1. The van der Waals surface area contributed by atoms with Gasteiger partial charge in [0.25, 0.3) is 0 Å². The van der Waals surface area contributed by atoms with Gasteiger partial charge in [0.2, 0.25) is 0 Å². The van der Waals surface area contributed by atoms with Crippen LogP contribution in [0.2, 0.25) is 5.02 Å². The maximum Gasteiger partial charge on any atom is 0.195 e. The quantitative estimate of drug-likeness (QED) is 0.758. The predicted molar refractivity (Wildman–Crippen MR) is 82.6 cm³/mol. The first-order chi connectivity index (χ1) is 9.47. The molecule has 3 nitrogen and oxygen atoms in total. The number of hydrogen-bond donors (Lipinski definition) is 0. The normalized spacial score (nSPS) is 10.7. The Hall–Kier alpha value is -1.39. The summed E-state index contributed by atoms with van der Waals surface area (Å²) < 4.78 is 6.24. The summed E-state index contributed by atoms with van der Waals surface area (Å²) in [7, 11) is 0. The molecule has 0 bridgehead atoms. The number of ether oxygens (including phenoxy) is 1. The van der Waals surface area contributed by atoms with Gasteiger partial charge in [-0.15, -0.1) is 0 Å². The highest BCUT2D eigenvalue weighted by Gasteiger charge is 2.14. The molecule has 2 rings (SSSR count). The molecule has 0 atom stereocenters. The Morgan fingerprint density at radius 1 is 1.30 bits per heavy atom. The summed E-state index contributed by atoms with van der Waals surface area (Å²) >= 11 is 9.29. The van der Waals surface area contributed by atoms with Crippen LogP contribution in [0.3, 0.4) is 0 Å². The van der Waals surface area contributed by atoms with Gasteiger partial charge in [-0.2, -0.15) is 0 Å². The number of carbonyl (C=O) groups excluding carboxylic acids is 1. The number of ketones is 1. The van der Waals surface area contributed by atoms with E-state index in [0.29, 0.717) is 26.4 Å². The minimum absolute atomic E-state index is 0.0278. The molecule has 0 aliphatic rings. The summed E-state index contributed by atoms with van der Waals surface area (Å²) in [6.07, 6.45) is 3.13. The fourth-order valence-electron chi connectivity index (χ4n) is 1.71. The van der Waals surface area contributed by atoms with Gasteiger partial charge in [-0.05, 0) is 38.1 Å². The summed E-state index contributed by atoms with van der Waals surface area (Å²) in [6, 6.07) is 6.78. The van der Waals surface area contributed by atoms with Crippen molar-refractivity contribution in [1.82, 2.24) is 4.98 Å². The topological polar surface area (TPSA) is 39.2 Å². The predicted octanol–water partition coefficient (Wildman–Crippen LogP) is 4.52. The zero-order chi connectivity index (χ0) is 14.7. The maximum absolute atomic E-state index is 12.5. The molecule has 1 aromatic carbocycles. The molecule has 20 heavy (non-hydrogen) atoms. The Morgan fingerprint density at radius 3 is 2.75 bits per heavy atom. The molecule has 0 spiro atoms. The van der Waals surface area contributed by atoms with Gasteiger partial charge in [0.15, 0.2) is 5.78 Å². The molecule has 0 aliphatic heterocycles. The fraction of sp³-hybridized carbons (Fsp3) is 0.200. The summed E-state index contributed by atoms with van der Waals surface area (Å²) in [6.45, 7) is 3.84. The van der Waals surface area contributed by atoms with Crippen molar-refractivity contribution in [3.05, 3.63) is 57.3 Å². The van der Waals surface area contributed by atoms with Gasteiger partial charge in [0, 0.05) is 26.8 Å². The first kappa shape index (κ1) is 15.0. The second-order valence-corrected chi connectivity index (χ2v) is 5.82. The van der Waals surface area contributed by atoms with Gasteiger partial charge in [-0.1, -0.05) is 27.5 Å². The van der Waals surface area contributed by atoms with E-state index in [-0.39, 0.29) is 11.9 Å². The fourth-order valence-corrected chi connectivity index (χ4v) is 2.31. The average Bonchev–Trinajstić information content (AvgIpc) is 2.40. The third kappa shape index (κ3) is 3.58. The minimum atomic E-state index is -0.152. The molecule has 0 amide bonds. The van der Waals surface area contributed by atoms with Gasteiger partial charge in [0.1, 0.15) is 5.75 Å². The molecule has 0 fully saturated rings. The third-order valence-corrected chi connectivity index (χ3v) is 3.45. The minimum Gasteiger partial charge on any atom is -0.489 e. The van der Waals surface area contributed by atoms with Gasteiger partial charge in [-0.25, -0.2) is 0 Å². The Balaban J connectivity index is 2.35. The van der Waals surface area contributed by atoms with E-state index < -0.39 is 0 Å². The summed E-state index contributed by atoms with van der Waals surface area (Å²) in [5, 5.41) is 0.513. The van der Waals surface area contributed by atoms with E-state index in [9.17, 15) is 4.79 Å². The Kier molecular flexibility index (Phi) is 4.78. The lowest BCUT2D eigenvalue weighted by atomic mass is 10.1. The molecule has 0 saturated heterocycles. The number of benzene rings is 1. The lowest BCUT2D eigenvalue weighted by Crippen LogP contribution is -2.08. The van der Waals surface area contributed by atoms with Crippen LogP contribution >= 0.6 is 27.5 Å². The highest BCUT2D eigenvalue weighted by atomic mass is 79.9. The molecule has 1 aromatic heterocycles. The third-order valence-electron chi connectivity index (χ3n) is 2.52.